The van der Waals surface area contributed by atoms with Crippen LogP contribution in [0, 0.1) is 6.92 Å². The van der Waals surface area contributed by atoms with Crippen LogP contribution in [0.15, 0.2) is 27.7 Å². The van der Waals surface area contributed by atoms with Crippen molar-refractivity contribution >= 4 is 21.8 Å². The lowest BCUT2D eigenvalue weighted by Gasteiger charge is -2.14. The van der Waals surface area contributed by atoms with Crippen LogP contribution < -0.4 is 4.31 Å². The number of hydrogen-bond donors (Lipinski definition) is 0. The highest BCUT2D eigenvalue weighted by atomic mass is 32.2. The number of esters is 1. The summed E-state index contributed by atoms with van der Waals surface area (Å²) in [5.41, 5.74) is 0.158. The maximum atomic E-state index is 12.6. The van der Waals surface area contributed by atoms with Gasteiger partial charge >= 0.3 is 5.97 Å². The zero-order chi connectivity index (χ0) is 16.5. The van der Waals surface area contributed by atoms with Crippen molar-refractivity contribution in [2.75, 3.05) is 18.0 Å². The minimum Gasteiger partial charge on any atom is -0.461 e. The van der Waals surface area contributed by atoms with Crippen LogP contribution in [0.4, 0.5) is 5.82 Å². The van der Waals surface area contributed by atoms with E-state index in [2.05, 4.69) is 5.16 Å². The van der Waals surface area contributed by atoms with Crippen LogP contribution in [0.25, 0.3) is 0 Å². The standard InChI is InChI=1S/C13H17N3O5S/c1-5-20-13(17)11-7-10(8-15(11)3)22(18,19)16(4)12-6-9(2)21-14-12/h6-8H,5H2,1-4H3. The van der Waals surface area contributed by atoms with E-state index in [-0.39, 0.29) is 23.0 Å². The average molecular weight is 327 g/mol. The summed E-state index contributed by atoms with van der Waals surface area (Å²) in [5, 5.41) is 3.67. The average Bonchev–Trinajstić information content (AvgIpc) is 3.04. The van der Waals surface area contributed by atoms with Gasteiger partial charge in [-0.25, -0.2) is 17.5 Å². The summed E-state index contributed by atoms with van der Waals surface area (Å²) in [6.45, 7) is 3.56. The molecule has 0 aliphatic heterocycles. The molecule has 2 aromatic rings. The van der Waals surface area contributed by atoms with Crippen LogP contribution in [-0.4, -0.2) is 37.8 Å². The Kier molecular flexibility index (Phi) is 4.27. The second kappa shape index (κ2) is 5.84. The van der Waals surface area contributed by atoms with E-state index in [9.17, 15) is 13.2 Å². The smallest absolute Gasteiger partial charge is 0.354 e. The summed E-state index contributed by atoms with van der Waals surface area (Å²) in [5.74, 6) is 0.0859. The van der Waals surface area contributed by atoms with Crippen molar-refractivity contribution in [1.82, 2.24) is 9.72 Å². The first-order valence-electron chi connectivity index (χ1n) is 6.53. The molecule has 9 heteroatoms. The van der Waals surface area contributed by atoms with E-state index < -0.39 is 16.0 Å². The van der Waals surface area contributed by atoms with Gasteiger partial charge in [0.25, 0.3) is 10.0 Å². The molecule has 0 bridgehead atoms. The van der Waals surface area contributed by atoms with Crippen LogP contribution in [0.2, 0.25) is 0 Å². The number of carbonyl (C=O) groups is 1. The van der Waals surface area contributed by atoms with E-state index in [1.807, 2.05) is 0 Å². The molecule has 8 nitrogen and oxygen atoms in total. The fourth-order valence-electron chi connectivity index (χ4n) is 1.87. The van der Waals surface area contributed by atoms with Gasteiger partial charge in [-0.1, -0.05) is 5.16 Å². The summed E-state index contributed by atoms with van der Waals surface area (Å²) >= 11 is 0. The third-order valence-corrected chi connectivity index (χ3v) is 4.79. The van der Waals surface area contributed by atoms with Crippen molar-refractivity contribution in [1.29, 1.82) is 0 Å². The van der Waals surface area contributed by atoms with Gasteiger partial charge in [0.05, 0.1) is 6.61 Å². The van der Waals surface area contributed by atoms with Crippen molar-refractivity contribution < 1.29 is 22.5 Å². The molecule has 2 rings (SSSR count). The number of ether oxygens (including phenoxy) is 1. The molecule has 0 saturated carbocycles. The highest BCUT2D eigenvalue weighted by molar-refractivity contribution is 7.92. The van der Waals surface area contributed by atoms with Gasteiger partial charge in [0.2, 0.25) is 0 Å². The van der Waals surface area contributed by atoms with Crippen LogP contribution in [0.1, 0.15) is 23.2 Å². The van der Waals surface area contributed by atoms with Crippen molar-refractivity contribution in [3.63, 3.8) is 0 Å². The molecule has 0 aromatic carbocycles. The summed E-state index contributed by atoms with van der Waals surface area (Å²) < 4.78 is 37.3. The predicted octanol–water partition coefficient (Wildman–Crippen LogP) is 1.32. The van der Waals surface area contributed by atoms with E-state index in [0.29, 0.717) is 5.76 Å². The Morgan fingerprint density at radius 2 is 2.14 bits per heavy atom. The molecule has 0 N–H and O–H groups in total. The highest BCUT2D eigenvalue weighted by Crippen LogP contribution is 2.23. The monoisotopic (exact) mass is 327 g/mol. The van der Waals surface area contributed by atoms with E-state index in [1.165, 1.54) is 29.9 Å². The second-order valence-electron chi connectivity index (χ2n) is 4.66. The predicted molar refractivity (Wildman–Crippen MR) is 78.2 cm³/mol. The van der Waals surface area contributed by atoms with Gasteiger partial charge in [-0.05, 0) is 19.9 Å². The Bertz CT molecular complexity index is 790. The maximum absolute atomic E-state index is 12.6. The Hall–Kier alpha value is -2.29. The normalized spacial score (nSPS) is 11.5. The number of anilines is 1. The van der Waals surface area contributed by atoms with Crippen molar-refractivity contribution in [3.8, 4) is 0 Å². The lowest BCUT2D eigenvalue weighted by Crippen LogP contribution is -2.26. The SMILES string of the molecule is CCOC(=O)c1cc(S(=O)(=O)N(C)c2cc(C)on2)cn1C. The molecule has 0 amide bonds. The first-order valence-corrected chi connectivity index (χ1v) is 7.97. The van der Waals surface area contributed by atoms with Crippen LogP contribution in [-0.2, 0) is 21.8 Å². The minimum absolute atomic E-state index is 0.0267. The van der Waals surface area contributed by atoms with E-state index in [4.69, 9.17) is 9.26 Å². The lowest BCUT2D eigenvalue weighted by atomic mass is 10.4. The van der Waals surface area contributed by atoms with Crippen LogP contribution >= 0.6 is 0 Å². The molecule has 0 spiro atoms. The summed E-state index contributed by atoms with van der Waals surface area (Å²) in [7, 11) is -0.907. The molecular weight excluding hydrogens is 310 g/mol. The molecule has 0 radical (unpaired) electrons. The zero-order valence-electron chi connectivity index (χ0n) is 12.7. The number of rotatable bonds is 5. The number of sulfonamides is 1. The minimum atomic E-state index is -3.85. The quantitative estimate of drug-likeness (QED) is 0.769. The Morgan fingerprint density at radius 1 is 1.45 bits per heavy atom. The lowest BCUT2D eigenvalue weighted by molar-refractivity contribution is 0.0515. The number of carbonyl (C=O) groups excluding carboxylic acids is 1. The third kappa shape index (κ3) is 2.84. The molecule has 0 aliphatic rings. The van der Waals surface area contributed by atoms with Gasteiger partial charge in [-0.2, -0.15) is 0 Å². The fraction of sp³-hybridized carbons (Fsp3) is 0.385. The van der Waals surface area contributed by atoms with Gasteiger partial charge in [0.15, 0.2) is 5.82 Å². The van der Waals surface area contributed by atoms with E-state index >= 15 is 0 Å². The molecule has 0 fully saturated rings. The number of aryl methyl sites for hydroxylation is 2. The summed E-state index contributed by atoms with van der Waals surface area (Å²) in [6.07, 6.45) is 1.35. The van der Waals surface area contributed by atoms with Gasteiger partial charge < -0.3 is 13.8 Å². The van der Waals surface area contributed by atoms with E-state index in [1.54, 1.807) is 20.9 Å². The first kappa shape index (κ1) is 16.1. The Balaban J connectivity index is 2.38. The van der Waals surface area contributed by atoms with Crippen LogP contribution in [0.5, 0.6) is 0 Å². The van der Waals surface area contributed by atoms with Gasteiger partial charge in [0.1, 0.15) is 16.3 Å². The van der Waals surface area contributed by atoms with Gasteiger partial charge in [-0.15, -0.1) is 0 Å². The number of nitrogens with zero attached hydrogens (tertiary/aromatic N) is 3. The number of hydrogen-bond acceptors (Lipinski definition) is 6. The molecule has 0 unspecified atom stereocenters. The fourth-order valence-corrected chi connectivity index (χ4v) is 3.07. The van der Waals surface area contributed by atoms with Crippen molar-refractivity contribution in [2.45, 2.75) is 18.7 Å². The largest absolute Gasteiger partial charge is 0.461 e. The Morgan fingerprint density at radius 3 is 2.68 bits per heavy atom. The Labute approximate surface area is 128 Å². The molecule has 120 valence electrons. The zero-order valence-corrected chi connectivity index (χ0v) is 13.5. The maximum Gasteiger partial charge on any atom is 0.354 e. The van der Waals surface area contributed by atoms with Gasteiger partial charge in [-0.3, -0.25) is 0 Å². The molecule has 22 heavy (non-hydrogen) atoms. The summed E-state index contributed by atoms with van der Waals surface area (Å²) in [6, 6.07) is 2.78. The third-order valence-electron chi connectivity index (χ3n) is 3.06. The van der Waals surface area contributed by atoms with Gasteiger partial charge in [0, 0.05) is 26.4 Å². The van der Waals surface area contributed by atoms with Crippen molar-refractivity contribution in [2.24, 2.45) is 7.05 Å². The van der Waals surface area contributed by atoms with Crippen molar-refractivity contribution in [3.05, 3.63) is 29.8 Å². The first-order chi connectivity index (χ1) is 10.3. The molecule has 0 saturated heterocycles. The highest BCUT2D eigenvalue weighted by Gasteiger charge is 2.27. The molecule has 2 aromatic heterocycles. The van der Waals surface area contributed by atoms with E-state index in [0.717, 1.165) is 4.31 Å². The molecular formula is C13H17N3O5S. The second-order valence-corrected chi connectivity index (χ2v) is 6.63. The topological polar surface area (TPSA) is 94.6 Å². The summed E-state index contributed by atoms with van der Waals surface area (Å²) in [4.78, 5) is 11.7. The number of aromatic nitrogens is 2. The molecule has 2 heterocycles. The molecule has 0 atom stereocenters. The molecule has 0 aliphatic carbocycles. The van der Waals surface area contributed by atoms with Crippen LogP contribution in [0.3, 0.4) is 0 Å².